The molecule has 298 valence electrons. The lowest BCUT2D eigenvalue weighted by atomic mass is 9.96. The van der Waals surface area contributed by atoms with E-state index in [9.17, 15) is 9.59 Å². The maximum Gasteiger partial charge on any atom is 0.304 e. The van der Waals surface area contributed by atoms with E-state index in [0.717, 1.165) is 35.5 Å². The minimum Gasteiger partial charge on any atom is -0.497 e. The van der Waals surface area contributed by atoms with E-state index in [4.69, 9.17) is 19.7 Å². The monoisotopic (exact) mass is 743 g/mol. The molecular weight excluding hydrogens is 673 g/mol. The van der Waals surface area contributed by atoms with E-state index in [0.29, 0.717) is 6.10 Å². The number of benzene rings is 3. The van der Waals surface area contributed by atoms with Crippen molar-refractivity contribution >= 4 is 11.9 Å². The molecule has 2 atom stereocenters. The van der Waals surface area contributed by atoms with Crippen LogP contribution in [0, 0.1) is 23.7 Å². The Bertz CT molecular complexity index is 1470. The second kappa shape index (κ2) is 34.1. The van der Waals surface area contributed by atoms with E-state index >= 15 is 0 Å². The first-order valence-electron chi connectivity index (χ1n) is 20.1. The third-order valence-corrected chi connectivity index (χ3v) is 8.06. The molecule has 3 aromatic carbocycles. The van der Waals surface area contributed by atoms with Crippen LogP contribution in [0.5, 0.6) is 11.5 Å². The van der Waals surface area contributed by atoms with Crippen molar-refractivity contribution in [1.82, 2.24) is 0 Å². The standard InChI is InChI=1S/C18H22O3.C13H14O3.C9H10.4C2H6/c1-2-6-15(13-18(19)20)14-9-11-17(12-10-14)21-16-7-4-3-5-8-16;1-3-4-11(9-13(14)15)10-5-7-12(16-2)8-6-10;1-2-5-9-7-3-6-8(9)4-1;4*1-2/h9-12,15-16H,3-5,7-8,13H2,1H3,(H,19,20);5-8,11H,9H2,1-2H3,(H,14,15);1-2,4-5H,3,6-7H2;4*1-2H3. The lowest BCUT2D eigenvalue weighted by molar-refractivity contribution is -0.138. The normalized spacial score (nSPS) is 12.8. The summed E-state index contributed by atoms with van der Waals surface area (Å²) in [4.78, 5) is 21.6. The SMILES string of the molecule is CC.CC.CC.CC.CC#CC(CC(=O)O)c1ccc(OC)cc1.CC#CC(CC(=O)O)c1ccc(OC2CCCCC2)cc1.c1ccc2c(c1)CCC2. The van der Waals surface area contributed by atoms with E-state index in [1.54, 1.807) is 32.1 Å². The molecule has 3 aromatic rings. The molecule has 1 saturated carbocycles. The topological polar surface area (TPSA) is 93.1 Å². The summed E-state index contributed by atoms with van der Waals surface area (Å²) in [5.74, 6) is 10.9. The Hall–Kier alpha value is -4.68. The summed E-state index contributed by atoms with van der Waals surface area (Å²) >= 11 is 0. The maximum atomic E-state index is 10.9. The lowest BCUT2D eigenvalue weighted by Gasteiger charge is -2.23. The van der Waals surface area contributed by atoms with Crippen molar-refractivity contribution in [2.24, 2.45) is 0 Å². The molecule has 2 aliphatic carbocycles. The fraction of sp³-hybridized carbons (Fsp3) is 0.500. The highest BCUT2D eigenvalue weighted by Gasteiger charge is 2.17. The van der Waals surface area contributed by atoms with E-state index in [-0.39, 0.29) is 24.7 Å². The quantitative estimate of drug-likeness (QED) is 0.212. The fourth-order valence-electron chi connectivity index (χ4n) is 5.71. The van der Waals surface area contributed by atoms with Gasteiger partial charge in [-0.1, -0.05) is 122 Å². The molecular formula is C48H70O6. The molecule has 5 rings (SSSR count). The predicted octanol–water partition coefficient (Wildman–Crippen LogP) is 12.5. The van der Waals surface area contributed by atoms with Crippen LogP contribution in [0.3, 0.4) is 0 Å². The van der Waals surface area contributed by atoms with Gasteiger partial charge in [0, 0.05) is 0 Å². The molecule has 2 N–H and O–H groups in total. The first kappa shape index (κ1) is 51.4. The largest absolute Gasteiger partial charge is 0.497 e. The zero-order chi connectivity index (χ0) is 41.1. The molecule has 2 aliphatic rings. The van der Waals surface area contributed by atoms with Crippen molar-refractivity contribution in [3.05, 3.63) is 95.1 Å². The summed E-state index contributed by atoms with van der Waals surface area (Å²) in [5, 5.41) is 17.7. The minimum atomic E-state index is -0.844. The average molecular weight is 743 g/mol. The van der Waals surface area contributed by atoms with Gasteiger partial charge in [-0.2, -0.15) is 0 Å². The number of hydrogen-bond donors (Lipinski definition) is 2. The van der Waals surface area contributed by atoms with Crippen LogP contribution in [0.1, 0.15) is 155 Å². The summed E-state index contributed by atoms with van der Waals surface area (Å²) in [7, 11) is 1.59. The van der Waals surface area contributed by atoms with E-state index in [1.807, 2.05) is 104 Å². The summed E-state index contributed by atoms with van der Waals surface area (Å²) in [5.41, 5.74) is 4.97. The van der Waals surface area contributed by atoms with Gasteiger partial charge in [0.05, 0.1) is 37.9 Å². The van der Waals surface area contributed by atoms with Crippen molar-refractivity contribution in [2.75, 3.05) is 7.11 Å². The van der Waals surface area contributed by atoms with Gasteiger partial charge in [-0.15, -0.1) is 11.8 Å². The van der Waals surface area contributed by atoms with Gasteiger partial charge < -0.3 is 19.7 Å². The van der Waals surface area contributed by atoms with Gasteiger partial charge in [-0.3, -0.25) is 9.59 Å². The molecule has 6 nitrogen and oxygen atoms in total. The number of hydrogen-bond acceptors (Lipinski definition) is 4. The Kier molecular flexibility index (Phi) is 32.5. The summed E-state index contributed by atoms with van der Waals surface area (Å²) in [6.45, 7) is 19.4. The fourth-order valence-corrected chi connectivity index (χ4v) is 5.71. The number of carbonyl (C=O) groups is 2. The molecule has 6 heteroatoms. The number of aliphatic carboxylic acids is 2. The van der Waals surface area contributed by atoms with Crippen LogP contribution in [0.2, 0.25) is 0 Å². The number of fused-ring (bicyclic) bond motifs is 1. The number of carboxylic acids is 2. The van der Waals surface area contributed by atoms with Crippen molar-refractivity contribution in [3.63, 3.8) is 0 Å². The van der Waals surface area contributed by atoms with Crippen LogP contribution in [0.4, 0.5) is 0 Å². The molecule has 0 bridgehead atoms. The van der Waals surface area contributed by atoms with Crippen LogP contribution in [-0.4, -0.2) is 35.4 Å². The molecule has 2 unspecified atom stereocenters. The second-order valence-electron chi connectivity index (χ2n) is 11.4. The molecule has 0 radical (unpaired) electrons. The Morgan fingerprint density at radius 1 is 0.611 bits per heavy atom. The molecule has 0 aromatic heterocycles. The average Bonchev–Trinajstić information content (AvgIpc) is 3.71. The van der Waals surface area contributed by atoms with Crippen LogP contribution >= 0.6 is 0 Å². The maximum absolute atomic E-state index is 10.9. The number of carboxylic acid groups (broad SMARTS) is 2. The first-order valence-corrected chi connectivity index (χ1v) is 20.1. The van der Waals surface area contributed by atoms with E-state index < -0.39 is 11.9 Å². The van der Waals surface area contributed by atoms with Gasteiger partial charge in [-0.25, -0.2) is 0 Å². The Balaban J connectivity index is 0. The number of rotatable bonds is 9. The summed E-state index contributed by atoms with van der Waals surface area (Å²) < 4.78 is 11.0. The highest BCUT2D eigenvalue weighted by molar-refractivity contribution is 5.69. The first-order chi connectivity index (χ1) is 26.3. The Labute approximate surface area is 329 Å². The van der Waals surface area contributed by atoms with Crippen LogP contribution in [-0.2, 0) is 22.4 Å². The lowest BCUT2D eigenvalue weighted by Crippen LogP contribution is -2.19. The van der Waals surface area contributed by atoms with E-state index in [1.165, 1.54) is 38.5 Å². The van der Waals surface area contributed by atoms with Crippen molar-refractivity contribution in [3.8, 4) is 35.2 Å². The molecule has 0 spiro atoms. The molecule has 0 heterocycles. The van der Waals surface area contributed by atoms with Crippen molar-refractivity contribution in [2.45, 2.75) is 151 Å². The second-order valence-corrected chi connectivity index (χ2v) is 11.4. The summed E-state index contributed by atoms with van der Waals surface area (Å²) in [6, 6.07) is 23.7. The summed E-state index contributed by atoms with van der Waals surface area (Å²) in [6.07, 6.45) is 10.4. The van der Waals surface area contributed by atoms with E-state index in [2.05, 4.69) is 47.9 Å². The van der Waals surface area contributed by atoms with Gasteiger partial charge in [0.25, 0.3) is 0 Å². The Morgan fingerprint density at radius 2 is 1.00 bits per heavy atom. The molecule has 0 saturated heterocycles. The molecule has 0 aliphatic heterocycles. The number of ether oxygens (including phenoxy) is 2. The van der Waals surface area contributed by atoms with Gasteiger partial charge in [0.1, 0.15) is 11.5 Å². The highest BCUT2D eigenvalue weighted by atomic mass is 16.5. The van der Waals surface area contributed by atoms with Gasteiger partial charge in [0.2, 0.25) is 0 Å². The highest BCUT2D eigenvalue weighted by Crippen LogP contribution is 2.26. The number of methoxy groups -OCH3 is 1. The van der Waals surface area contributed by atoms with Gasteiger partial charge in [-0.05, 0) is 105 Å². The predicted molar refractivity (Wildman–Crippen MR) is 228 cm³/mol. The Morgan fingerprint density at radius 3 is 1.35 bits per heavy atom. The van der Waals surface area contributed by atoms with Gasteiger partial charge in [0.15, 0.2) is 0 Å². The van der Waals surface area contributed by atoms with Crippen molar-refractivity contribution < 1.29 is 29.3 Å². The van der Waals surface area contributed by atoms with Crippen LogP contribution in [0.25, 0.3) is 0 Å². The zero-order valence-corrected chi connectivity index (χ0v) is 35.3. The molecule has 0 amide bonds. The van der Waals surface area contributed by atoms with Crippen LogP contribution in [0.15, 0.2) is 72.8 Å². The number of aryl methyl sites for hydroxylation is 2. The zero-order valence-electron chi connectivity index (χ0n) is 35.3. The van der Waals surface area contributed by atoms with Gasteiger partial charge >= 0.3 is 11.9 Å². The smallest absolute Gasteiger partial charge is 0.304 e. The third-order valence-electron chi connectivity index (χ3n) is 8.06. The van der Waals surface area contributed by atoms with Crippen LogP contribution < -0.4 is 9.47 Å². The minimum absolute atomic E-state index is 0.0210. The molecule has 1 fully saturated rings. The molecule has 54 heavy (non-hydrogen) atoms. The van der Waals surface area contributed by atoms with Crippen molar-refractivity contribution in [1.29, 1.82) is 0 Å². The third kappa shape index (κ3) is 21.8.